The van der Waals surface area contributed by atoms with Crippen molar-refractivity contribution in [3.63, 3.8) is 0 Å². The number of hydrogen-bond donors (Lipinski definition) is 0. The van der Waals surface area contributed by atoms with Gasteiger partial charge in [-0.05, 0) is 139 Å². The smallest absolute Gasteiger partial charge is 0.164 e. The molecule has 0 aliphatic carbocycles. The highest BCUT2D eigenvalue weighted by molar-refractivity contribution is 6.28. The Morgan fingerprint density at radius 2 is 0.369 bits per heavy atom. The van der Waals surface area contributed by atoms with E-state index in [2.05, 4.69) is 414 Å². The Balaban J connectivity index is 0.538. The molecule has 12 nitrogen and oxygen atoms in total. The topological polar surface area (TPSA) is 129 Å². The predicted molar refractivity (Wildman–Crippen MR) is 579 cm³/mol. The highest BCUT2D eigenvalue weighted by Crippen LogP contribution is 2.51. The van der Waals surface area contributed by atoms with E-state index in [0.29, 0.717) is 52.4 Å². The second-order valence-corrected chi connectivity index (χ2v) is 36.1. The third kappa shape index (κ3) is 13.3. The molecule has 0 aliphatic rings. The van der Waals surface area contributed by atoms with Crippen LogP contribution in [0.25, 0.3) is 284 Å². The summed E-state index contributed by atoms with van der Waals surface area (Å²) in [6.07, 6.45) is 0. The molecule has 0 fully saturated rings. The quantitative estimate of drug-likeness (QED) is 0.0921. The summed E-state index contributed by atoms with van der Waals surface area (Å²) < 4.78 is 7.41. The molecule has 28 aromatic rings. The largest absolute Gasteiger partial charge is 0.308 e. The molecule has 0 bridgehead atoms. The Labute approximate surface area is 809 Å². The van der Waals surface area contributed by atoms with Crippen molar-refractivity contribution in [2.45, 2.75) is 0 Å². The average Bonchev–Trinajstić information content (AvgIpc) is 1.56. The maximum atomic E-state index is 5.48. The number of rotatable bonds is 15. The fourth-order valence-electron chi connectivity index (χ4n) is 21.7. The van der Waals surface area contributed by atoms with Gasteiger partial charge in [0.15, 0.2) is 52.4 Å². The molecule has 9 heterocycles. The van der Waals surface area contributed by atoms with Crippen LogP contribution in [0.15, 0.2) is 473 Å². The molecule has 0 N–H and O–H groups in total. The lowest BCUT2D eigenvalue weighted by atomic mass is 9.92. The van der Waals surface area contributed by atoms with E-state index in [9.17, 15) is 0 Å². The van der Waals surface area contributed by atoms with Crippen LogP contribution in [-0.2, 0) is 0 Å². The van der Waals surface area contributed by atoms with Crippen LogP contribution in [-0.4, -0.2) is 58.1 Å². The summed E-state index contributed by atoms with van der Waals surface area (Å²) in [5.41, 5.74) is 31.3. The van der Waals surface area contributed by atoms with Gasteiger partial charge in [-0.3, -0.25) is 0 Å². The van der Waals surface area contributed by atoms with E-state index in [4.69, 9.17) is 44.9 Å². The third-order valence-electron chi connectivity index (χ3n) is 28.1. The van der Waals surface area contributed by atoms with Crippen LogP contribution < -0.4 is 0 Å². The molecule has 0 saturated heterocycles. The normalized spacial score (nSPS) is 11.8. The van der Waals surface area contributed by atoms with Crippen LogP contribution in [0.1, 0.15) is 0 Å². The Hall–Kier alpha value is -19.2. The van der Waals surface area contributed by atoms with Crippen molar-refractivity contribution in [3.05, 3.63) is 473 Å². The van der Waals surface area contributed by atoms with Gasteiger partial charge in [-0.1, -0.05) is 400 Å². The second-order valence-electron chi connectivity index (χ2n) is 36.1. The lowest BCUT2D eigenvalue weighted by Gasteiger charge is -2.16. The zero-order valence-electron chi connectivity index (χ0n) is 75.9. The standard InChI is InChI=1S/C129H78N12/c1-8-33-81(34-9-1)113-103-54-27-29-58-108(103)139-107-57-28-26-49-98(107)97-72-69-92(76-104(97)120(113)139)127-133-123(86-43-18-6-19-44-86)132-126(137-127)89-67-63-80(64-68-89)95-55-31-59-111-116(95)99-50-22-24-52-101(99)118-114(82-35-10-2-11-36-82)105-78-94(71-73-109(105)140(111)118)129-136-124(87-45-20-7-21-46-87)131-125(138-129)88-65-61-79(62-66-88)90-47-30-48-91(75-90)96-56-32-60-112-117(96)100-51-23-25-53-102(100)119-115(83-37-12-3-13-38-83)106-77-93(70-74-110(106)141(112)119)128-134-121(84-39-14-4-15-40-84)130-122(135-128)85-41-16-5-17-42-85/h1-78H. The number of aromatic nitrogens is 12. The number of para-hydroxylation sites is 2. The van der Waals surface area contributed by atoms with E-state index in [0.717, 1.165) is 215 Å². The highest BCUT2D eigenvalue weighted by Gasteiger charge is 2.29. The van der Waals surface area contributed by atoms with Crippen LogP contribution in [0.3, 0.4) is 0 Å². The van der Waals surface area contributed by atoms with Gasteiger partial charge in [-0.2, -0.15) is 0 Å². The molecule has 12 heteroatoms. The van der Waals surface area contributed by atoms with Gasteiger partial charge in [0.05, 0.1) is 49.7 Å². The van der Waals surface area contributed by atoms with Crippen molar-refractivity contribution >= 4 is 114 Å². The molecule has 0 saturated carbocycles. The van der Waals surface area contributed by atoms with E-state index in [1.165, 1.54) is 16.3 Å². The molecule has 9 aromatic heterocycles. The van der Waals surface area contributed by atoms with Crippen LogP contribution in [0.2, 0.25) is 0 Å². The summed E-state index contributed by atoms with van der Waals surface area (Å²) in [6.45, 7) is 0. The summed E-state index contributed by atoms with van der Waals surface area (Å²) >= 11 is 0. The molecule has 0 spiro atoms. The molecule has 0 unspecified atom stereocenters. The Morgan fingerprint density at radius 1 is 0.121 bits per heavy atom. The minimum absolute atomic E-state index is 0.563. The van der Waals surface area contributed by atoms with E-state index >= 15 is 0 Å². The van der Waals surface area contributed by atoms with E-state index in [1.807, 2.05) is 72.8 Å². The molecule has 0 radical (unpaired) electrons. The Morgan fingerprint density at radius 3 is 0.780 bits per heavy atom. The van der Waals surface area contributed by atoms with Gasteiger partial charge in [0.1, 0.15) is 0 Å². The molecule has 28 rings (SSSR count). The van der Waals surface area contributed by atoms with Crippen molar-refractivity contribution in [2.75, 3.05) is 0 Å². The SMILES string of the molecule is c1ccc(-c2nc(-c3ccc(-c4cccc(-c5cccc6c5c5ccccc5c5c(-c7ccccc7)c7cc(-c8nc(-c9ccccc9)nc(-c9ccccc9)n8)ccc7n65)c4)cc3)nc(-c3ccc4c(c3)c(-c3ccccc3)c3c5ccccc5c5c(-c6ccc(-c7nc(-c8ccccc8)nc(-c8ccc9c%10ccccc%10n%10c%11ccccc%11c(-c%11ccccc%11)c%10c9c8)n7)cc6)cccc5n43)n2)cc1. The Bertz CT molecular complexity index is 9890. The summed E-state index contributed by atoms with van der Waals surface area (Å²) in [6, 6.07) is 169. The third-order valence-corrected chi connectivity index (χ3v) is 28.1. The van der Waals surface area contributed by atoms with Crippen molar-refractivity contribution in [2.24, 2.45) is 0 Å². The van der Waals surface area contributed by atoms with Crippen LogP contribution in [0.5, 0.6) is 0 Å². The van der Waals surface area contributed by atoms with Crippen LogP contribution in [0.4, 0.5) is 0 Å². The minimum Gasteiger partial charge on any atom is -0.308 e. The molecular formula is C129H78N12. The first kappa shape index (κ1) is 80.3. The van der Waals surface area contributed by atoms with Gasteiger partial charge in [0.25, 0.3) is 0 Å². The average molecular weight is 1800 g/mol. The maximum absolute atomic E-state index is 5.48. The van der Waals surface area contributed by atoms with Gasteiger partial charge >= 0.3 is 0 Å². The predicted octanol–water partition coefficient (Wildman–Crippen LogP) is 32.4. The lowest BCUT2D eigenvalue weighted by Crippen LogP contribution is -2.00. The molecule has 0 atom stereocenters. The second kappa shape index (κ2) is 32.8. The number of benzene rings is 19. The first-order chi connectivity index (χ1) is 69.9. The first-order valence-electron chi connectivity index (χ1n) is 47.6. The molecule has 141 heavy (non-hydrogen) atoms. The van der Waals surface area contributed by atoms with Gasteiger partial charge < -0.3 is 13.2 Å². The molecule has 0 aliphatic heterocycles. The summed E-state index contributed by atoms with van der Waals surface area (Å²) in [5.74, 6) is 5.30. The molecule has 19 aromatic carbocycles. The van der Waals surface area contributed by atoms with Crippen LogP contribution >= 0.6 is 0 Å². The number of fused-ring (bicyclic) bond motifs is 24. The molecular weight excluding hydrogens is 1720 g/mol. The van der Waals surface area contributed by atoms with Gasteiger partial charge in [0, 0.05) is 115 Å². The van der Waals surface area contributed by atoms with Crippen molar-refractivity contribution in [3.8, 4) is 169 Å². The zero-order chi connectivity index (χ0) is 92.7. The maximum Gasteiger partial charge on any atom is 0.164 e. The minimum atomic E-state index is 0.563. The lowest BCUT2D eigenvalue weighted by molar-refractivity contribution is 1.07. The molecule has 0 amide bonds. The Kier molecular flexibility index (Phi) is 18.7. The van der Waals surface area contributed by atoms with Crippen molar-refractivity contribution in [1.29, 1.82) is 0 Å². The highest BCUT2D eigenvalue weighted by atomic mass is 15.1. The fourth-order valence-corrected chi connectivity index (χ4v) is 21.7. The number of nitrogens with zero attached hydrogens (tertiary/aromatic N) is 12. The zero-order valence-corrected chi connectivity index (χ0v) is 75.9. The molecule has 654 valence electrons. The van der Waals surface area contributed by atoms with Gasteiger partial charge in [-0.15, -0.1) is 0 Å². The van der Waals surface area contributed by atoms with E-state index in [-0.39, 0.29) is 0 Å². The van der Waals surface area contributed by atoms with Crippen molar-refractivity contribution < 1.29 is 0 Å². The summed E-state index contributed by atoms with van der Waals surface area (Å²) in [4.78, 5) is 47.7. The van der Waals surface area contributed by atoms with Gasteiger partial charge in [-0.25, -0.2) is 44.9 Å². The van der Waals surface area contributed by atoms with Crippen molar-refractivity contribution in [1.82, 2.24) is 58.1 Å². The number of hydrogen-bond acceptors (Lipinski definition) is 9. The van der Waals surface area contributed by atoms with E-state index < -0.39 is 0 Å². The fraction of sp³-hybridized carbons (Fsp3) is 0. The van der Waals surface area contributed by atoms with Gasteiger partial charge in [0.2, 0.25) is 0 Å². The van der Waals surface area contributed by atoms with Crippen LogP contribution in [0, 0.1) is 0 Å². The first-order valence-corrected chi connectivity index (χ1v) is 47.6. The van der Waals surface area contributed by atoms with E-state index in [1.54, 1.807) is 0 Å². The monoisotopic (exact) mass is 1790 g/mol. The summed E-state index contributed by atoms with van der Waals surface area (Å²) in [5, 5.41) is 13.7. The number of pyridine rings is 3. The summed E-state index contributed by atoms with van der Waals surface area (Å²) in [7, 11) is 0.